The van der Waals surface area contributed by atoms with E-state index in [-0.39, 0.29) is 11.2 Å². The molecule has 0 fully saturated rings. The minimum absolute atomic E-state index is 0.000451. The number of anilines is 1. The van der Waals surface area contributed by atoms with Crippen molar-refractivity contribution in [3.63, 3.8) is 0 Å². The molecular formula is C17H15N3OS. The Balaban J connectivity index is 1.94. The van der Waals surface area contributed by atoms with Crippen LogP contribution in [0, 0.1) is 6.92 Å². The molecule has 0 aliphatic carbocycles. The van der Waals surface area contributed by atoms with Gasteiger partial charge >= 0.3 is 0 Å². The number of hydrogen-bond acceptors (Lipinski definition) is 3. The van der Waals surface area contributed by atoms with Gasteiger partial charge in [0.1, 0.15) is 0 Å². The maximum absolute atomic E-state index is 11.9. The highest BCUT2D eigenvalue weighted by molar-refractivity contribution is 8.00. The topological polar surface area (TPSA) is 57.8 Å². The summed E-state index contributed by atoms with van der Waals surface area (Å²) in [6, 6.07) is 14.7. The predicted octanol–water partition coefficient (Wildman–Crippen LogP) is 3.65. The first-order valence-electron chi connectivity index (χ1n) is 7.18. The van der Waals surface area contributed by atoms with Crippen LogP contribution in [0.4, 0.5) is 5.82 Å². The highest BCUT2D eigenvalue weighted by atomic mass is 32.2. The first kappa shape index (κ1) is 13.4. The summed E-state index contributed by atoms with van der Waals surface area (Å²) in [6.45, 7) is 2.00. The van der Waals surface area contributed by atoms with Crippen molar-refractivity contribution in [3.05, 3.63) is 59.3 Å². The molecule has 0 radical (unpaired) electrons. The highest BCUT2D eigenvalue weighted by Gasteiger charge is 2.28. The summed E-state index contributed by atoms with van der Waals surface area (Å²) in [4.78, 5) is 11.9. The number of carbonyl (C=O) groups excluding carboxylic acids is 1. The van der Waals surface area contributed by atoms with Gasteiger partial charge in [0.15, 0.2) is 5.82 Å². The van der Waals surface area contributed by atoms with Crippen molar-refractivity contribution in [2.24, 2.45) is 0 Å². The van der Waals surface area contributed by atoms with E-state index >= 15 is 0 Å². The molecule has 0 spiro atoms. The van der Waals surface area contributed by atoms with Crippen LogP contribution in [0.2, 0.25) is 0 Å². The summed E-state index contributed by atoms with van der Waals surface area (Å²) in [5, 5.41) is 12.7. The van der Waals surface area contributed by atoms with Crippen molar-refractivity contribution >= 4 is 34.3 Å². The zero-order chi connectivity index (χ0) is 15.1. The Bertz CT molecular complexity index is 866. The molecule has 1 aromatic heterocycles. The summed E-state index contributed by atoms with van der Waals surface area (Å²) < 4.78 is 0. The van der Waals surface area contributed by atoms with E-state index in [1.54, 1.807) is 11.8 Å². The molecule has 2 aromatic carbocycles. The third kappa shape index (κ3) is 2.09. The summed E-state index contributed by atoms with van der Waals surface area (Å²) in [7, 11) is 0. The number of hydrogen-bond donors (Lipinski definition) is 2. The molecule has 1 unspecified atom stereocenters. The smallest absolute Gasteiger partial charge is 0.235 e. The number of thioether (sulfide) groups is 1. The average molecular weight is 309 g/mol. The van der Waals surface area contributed by atoms with E-state index in [0.717, 1.165) is 11.3 Å². The van der Waals surface area contributed by atoms with Crippen LogP contribution >= 0.6 is 11.8 Å². The van der Waals surface area contributed by atoms with Gasteiger partial charge in [-0.15, -0.1) is 11.8 Å². The normalized spacial score (nSPS) is 17.9. The monoisotopic (exact) mass is 309 g/mol. The largest absolute Gasteiger partial charge is 0.308 e. The van der Waals surface area contributed by atoms with Crippen LogP contribution in [0.1, 0.15) is 22.1 Å². The molecule has 0 saturated carbocycles. The number of nitrogens with zero attached hydrogens (tertiary/aromatic N) is 1. The van der Waals surface area contributed by atoms with Gasteiger partial charge in [0.25, 0.3) is 0 Å². The second-order valence-corrected chi connectivity index (χ2v) is 6.51. The summed E-state index contributed by atoms with van der Waals surface area (Å²) in [5.74, 6) is 1.09. The van der Waals surface area contributed by atoms with E-state index in [9.17, 15) is 4.79 Å². The van der Waals surface area contributed by atoms with Gasteiger partial charge in [-0.1, -0.05) is 42.5 Å². The van der Waals surface area contributed by atoms with Crippen LogP contribution in [0.25, 0.3) is 10.8 Å². The fraction of sp³-hybridized carbons (Fsp3) is 0.176. The second kappa shape index (κ2) is 5.18. The second-order valence-electron chi connectivity index (χ2n) is 5.42. The lowest BCUT2D eigenvalue weighted by Crippen LogP contribution is -2.12. The van der Waals surface area contributed by atoms with Crippen LogP contribution < -0.4 is 5.32 Å². The highest BCUT2D eigenvalue weighted by Crippen LogP contribution is 2.44. The van der Waals surface area contributed by atoms with Crippen molar-refractivity contribution in [2.75, 3.05) is 11.1 Å². The third-order valence-corrected chi connectivity index (χ3v) is 5.25. The van der Waals surface area contributed by atoms with E-state index in [0.29, 0.717) is 11.6 Å². The quantitative estimate of drug-likeness (QED) is 0.721. The number of aryl methyl sites for hydroxylation is 1. The molecule has 3 aromatic rings. The van der Waals surface area contributed by atoms with Crippen molar-refractivity contribution in [3.8, 4) is 0 Å². The van der Waals surface area contributed by atoms with Crippen molar-refractivity contribution < 1.29 is 4.79 Å². The van der Waals surface area contributed by atoms with E-state index in [4.69, 9.17) is 0 Å². The third-order valence-electron chi connectivity index (χ3n) is 4.00. The van der Waals surface area contributed by atoms with E-state index < -0.39 is 0 Å². The Morgan fingerprint density at radius 1 is 1.18 bits per heavy atom. The molecule has 0 saturated heterocycles. The maximum atomic E-state index is 11.9. The Morgan fingerprint density at radius 3 is 2.91 bits per heavy atom. The molecule has 4 nitrogen and oxygen atoms in total. The fourth-order valence-electron chi connectivity index (χ4n) is 2.99. The zero-order valence-corrected chi connectivity index (χ0v) is 12.9. The number of nitrogens with one attached hydrogen (secondary N) is 2. The molecule has 1 atom stereocenters. The fourth-order valence-corrected chi connectivity index (χ4v) is 4.22. The molecule has 0 bridgehead atoms. The number of fused-ring (bicyclic) bond motifs is 2. The van der Waals surface area contributed by atoms with Gasteiger partial charge < -0.3 is 5.32 Å². The maximum Gasteiger partial charge on any atom is 0.235 e. The number of rotatable bonds is 1. The van der Waals surface area contributed by atoms with E-state index in [1.165, 1.54) is 16.3 Å². The number of carbonyl (C=O) groups is 1. The number of benzene rings is 2. The van der Waals surface area contributed by atoms with Crippen LogP contribution in [-0.2, 0) is 4.79 Å². The van der Waals surface area contributed by atoms with Gasteiger partial charge in [-0.25, -0.2) is 0 Å². The Labute approximate surface area is 132 Å². The van der Waals surface area contributed by atoms with Gasteiger partial charge in [0.05, 0.1) is 11.0 Å². The first-order valence-corrected chi connectivity index (χ1v) is 8.23. The summed E-state index contributed by atoms with van der Waals surface area (Å²) in [6.07, 6.45) is 0. The molecular weight excluding hydrogens is 294 g/mol. The molecule has 4 rings (SSSR count). The zero-order valence-electron chi connectivity index (χ0n) is 12.1. The average Bonchev–Trinajstić information content (AvgIpc) is 2.79. The minimum atomic E-state index is 0.000451. The Kier molecular flexibility index (Phi) is 3.15. The van der Waals surface area contributed by atoms with Crippen molar-refractivity contribution in [1.82, 2.24) is 10.2 Å². The number of aromatic amines is 1. The van der Waals surface area contributed by atoms with Gasteiger partial charge in [0, 0.05) is 11.3 Å². The molecule has 2 N–H and O–H groups in total. The molecule has 1 amide bonds. The molecule has 1 aliphatic rings. The predicted molar refractivity (Wildman–Crippen MR) is 90.2 cm³/mol. The Morgan fingerprint density at radius 2 is 2.00 bits per heavy atom. The molecule has 1 aliphatic heterocycles. The summed E-state index contributed by atoms with van der Waals surface area (Å²) in [5.41, 5.74) is 3.31. The standard InChI is InChI=1S/C17H15N3OS/c1-10-15-16(22-9-14(21)18-17(15)20-19-10)13-8-4-6-11-5-2-3-7-12(11)13/h2-8,16H,9H2,1H3,(H2,18,19,20,21). The molecule has 110 valence electrons. The van der Waals surface area contributed by atoms with Crippen LogP contribution in [0.3, 0.4) is 0 Å². The van der Waals surface area contributed by atoms with Gasteiger partial charge in [-0.2, -0.15) is 5.10 Å². The van der Waals surface area contributed by atoms with Gasteiger partial charge in [-0.3, -0.25) is 9.89 Å². The van der Waals surface area contributed by atoms with Crippen LogP contribution in [0.15, 0.2) is 42.5 Å². The number of H-pyrrole nitrogens is 1. The van der Waals surface area contributed by atoms with Gasteiger partial charge in [0.2, 0.25) is 5.91 Å². The molecule has 2 heterocycles. The van der Waals surface area contributed by atoms with Crippen LogP contribution in [0.5, 0.6) is 0 Å². The van der Waals surface area contributed by atoms with E-state index in [2.05, 4.69) is 51.9 Å². The SMILES string of the molecule is Cc1[nH]nc2c1C(c1cccc3ccccc13)SCC(=O)N2. The lowest BCUT2D eigenvalue weighted by Gasteiger charge is -2.17. The first-order chi connectivity index (χ1) is 10.7. The van der Waals surface area contributed by atoms with Crippen molar-refractivity contribution in [2.45, 2.75) is 12.2 Å². The lowest BCUT2D eigenvalue weighted by molar-refractivity contribution is -0.113. The number of amides is 1. The number of aromatic nitrogens is 2. The van der Waals surface area contributed by atoms with Crippen molar-refractivity contribution in [1.29, 1.82) is 0 Å². The molecule has 22 heavy (non-hydrogen) atoms. The minimum Gasteiger partial charge on any atom is -0.308 e. The lowest BCUT2D eigenvalue weighted by atomic mass is 9.98. The van der Waals surface area contributed by atoms with Crippen LogP contribution in [-0.4, -0.2) is 21.9 Å². The molecule has 5 heteroatoms. The summed E-state index contributed by atoms with van der Waals surface area (Å²) >= 11 is 1.65. The van der Waals surface area contributed by atoms with Gasteiger partial charge in [-0.05, 0) is 23.3 Å². The Hall–Kier alpha value is -2.27. The van der Waals surface area contributed by atoms with E-state index in [1.807, 2.05) is 13.0 Å².